The summed E-state index contributed by atoms with van der Waals surface area (Å²) in [5, 5.41) is 9.57. The van der Waals surface area contributed by atoms with Gasteiger partial charge in [0.15, 0.2) is 29.1 Å². The standard InChI is InChI=1S/C17H18O5/c1-11(22-15-7-5-4-6-14(15)20-2)17(19)12-8-9-13(18)16(10-12)21-3/h4-11,18H,1-3H3. The van der Waals surface area contributed by atoms with E-state index in [2.05, 4.69) is 0 Å². The van der Waals surface area contributed by atoms with Crippen LogP contribution < -0.4 is 14.2 Å². The van der Waals surface area contributed by atoms with Crippen molar-refractivity contribution in [2.24, 2.45) is 0 Å². The number of phenolic OH excluding ortho intramolecular Hbond substituents is 1. The minimum atomic E-state index is -0.703. The summed E-state index contributed by atoms with van der Waals surface area (Å²) in [6, 6.07) is 11.6. The Balaban J connectivity index is 2.19. The SMILES string of the molecule is COc1cc(C(=O)C(C)Oc2ccccc2OC)ccc1O. The van der Waals surface area contributed by atoms with Crippen LogP contribution in [0.15, 0.2) is 42.5 Å². The van der Waals surface area contributed by atoms with Crippen LogP contribution in [0.25, 0.3) is 0 Å². The molecule has 0 aliphatic rings. The second kappa shape index (κ2) is 6.85. The molecule has 22 heavy (non-hydrogen) atoms. The average molecular weight is 302 g/mol. The Morgan fingerprint density at radius 1 is 1.00 bits per heavy atom. The number of phenols is 1. The summed E-state index contributed by atoms with van der Waals surface area (Å²) in [6.07, 6.45) is -0.703. The highest BCUT2D eigenvalue weighted by atomic mass is 16.5. The van der Waals surface area contributed by atoms with Crippen molar-refractivity contribution in [3.63, 3.8) is 0 Å². The molecule has 116 valence electrons. The van der Waals surface area contributed by atoms with Gasteiger partial charge in [-0.2, -0.15) is 0 Å². The van der Waals surface area contributed by atoms with Crippen LogP contribution in [0.1, 0.15) is 17.3 Å². The van der Waals surface area contributed by atoms with Gasteiger partial charge in [0, 0.05) is 5.56 Å². The predicted octanol–water partition coefficient (Wildman–Crippen LogP) is 3.06. The Hall–Kier alpha value is -2.69. The summed E-state index contributed by atoms with van der Waals surface area (Å²) in [6.45, 7) is 1.66. The average Bonchev–Trinajstić information content (AvgIpc) is 2.55. The highest BCUT2D eigenvalue weighted by Gasteiger charge is 2.19. The zero-order valence-corrected chi connectivity index (χ0v) is 12.7. The number of Topliss-reactive ketones (excluding diaryl/α,β-unsaturated/α-hetero) is 1. The van der Waals surface area contributed by atoms with Crippen molar-refractivity contribution in [3.8, 4) is 23.0 Å². The maximum absolute atomic E-state index is 12.4. The van der Waals surface area contributed by atoms with Crippen molar-refractivity contribution in [1.29, 1.82) is 0 Å². The van der Waals surface area contributed by atoms with Crippen LogP contribution in [0.4, 0.5) is 0 Å². The van der Waals surface area contributed by atoms with Gasteiger partial charge >= 0.3 is 0 Å². The molecule has 0 amide bonds. The van der Waals surface area contributed by atoms with E-state index >= 15 is 0 Å². The third kappa shape index (κ3) is 3.31. The molecule has 2 rings (SSSR count). The summed E-state index contributed by atoms with van der Waals surface area (Å²) in [5.74, 6) is 1.07. The van der Waals surface area contributed by atoms with E-state index in [-0.39, 0.29) is 17.3 Å². The van der Waals surface area contributed by atoms with E-state index in [4.69, 9.17) is 14.2 Å². The van der Waals surface area contributed by atoms with Gasteiger partial charge in [-0.05, 0) is 37.3 Å². The van der Waals surface area contributed by atoms with Gasteiger partial charge in [0.1, 0.15) is 0 Å². The van der Waals surface area contributed by atoms with Crippen molar-refractivity contribution in [3.05, 3.63) is 48.0 Å². The van der Waals surface area contributed by atoms with Crippen LogP contribution in [-0.2, 0) is 0 Å². The van der Waals surface area contributed by atoms with Gasteiger partial charge in [0.2, 0.25) is 5.78 Å². The first-order valence-corrected chi connectivity index (χ1v) is 6.77. The smallest absolute Gasteiger partial charge is 0.203 e. The van der Waals surface area contributed by atoms with Crippen LogP contribution in [0.3, 0.4) is 0 Å². The monoisotopic (exact) mass is 302 g/mol. The molecular weight excluding hydrogens is 284 g/mol. The molecule has 0 saturated heterocycles. The molecule has 1 unspecified atom stereocenters. The number of hydrogen-bond acceptors (Lipinski definition) is 5. The number of methoxy groups -OCH3 is 2. The molecule has 0 radical (unpaired) electrons. The lowest BCUT2D eigenvalue weighted by Gasteiger charge is -2.16. The molecule has 0 fully saturated rings. The zero-order chi connectivity index (χ0) is 16.1. The second-order valence-electron chi connectivity index (χ2n) is 4.66. The molecule has 1 N–H and O–H groups in total. The number of ether oxygens (including phenoxy) is 3. The number of hydrogen-bond donors (Lipinski definition) is 1. The molecule has 0 heterocycles. The molecule has 0 bridgehead atoms. The Morgan fingerprint density at radius 2 is 1.64 bits per heavy atom. The molecule has 0 aliphatic heterocycles. The van der Waals surface area contributed by atoms with Crippen molar-refractivity contribution in [2.75, 3.05) is 14.2 Å². The molecule has 0 aromatic heterocycles. The molecular formula is C17H18O5. The van der Waals surface area contributed by atoms with E-state index in [1.807, 2.05) is 6.07 Å². The fourth-order valence-corrected chi connectivity index (χ4v) is 2.03. The number of benzene rings is 2. The first-order valence-electron chi connectivity index (χ1n) is 6.77. The van der Waals surface area contributed by atoms with E-state index in [1.165, 1.54) is 25.3 Å². The maximum atomic E-state index is 12.4. The Kier molecular flexibility index (Phi) is 4.88. The number of aromatic hydroxyl groups is 1. The van der Waals surface area contributed by atoms with Gasteiger partial charge in [-0.1, -0.05) is 12.1 Å². The minimum absolute atomic E-state index is 0.0163. The largest absolute Gasteiger partial charge is 0.504 e. The summed E-state index contributed by atoms with van der Waals surface area (Å²) >= 11 is 0. The van der Waals surface area contributed by atoms with Crippen LogP contribution in [0.2, 0.25) is 0 Å². The van der Waals surface area contributed by atoms with E-state index in [1.54, 1.807) is 32.2 Å². The quantitative estimate of drug-likeness (QED) is 0.831. The first-order chi connectivity index (χ1) is 10.6. The zero-order valence-electron chi connectivity index (χ0n) is 12.7. The van der Waals surface area contributed by atoms with Gasteiger partial charge < -0.3 is 19.3 Å². The topological polar surface area (TPSA) is 65.0 Å². The highest BCUT2D eigenvalue weighted by molar-refractivity contribution is 6.00. The lowest BCUT2D eigenvalue weighted by atomic mass is 10.1. The molecule has 5 heteroatoms. The number of para-hydroxylation sites is 2. The molecule has 5 nitrogen and oxygen atoms in total. The van der Waals surface area contributed by atoms with E-state index in [9.17, 15) is 9.90 Å². The number of rotatable bonds is 6. The van der Waals surface area contributed by atoms with Crippen molar-refractivity contribution in [1.82, 2.24) is 0 Å². The molecule has 2 aromatic rings. The first kappa shape index (κ1) is 15.7. The van der Waals surface area contributed by atoms with Crippen LogP contribution in [-0.4, -0.2) is 31.2 Å². The van der Waals surface area contributed by atoms with Crippen LogP contribution >= 0.6 is 0 Å². The van der Waals surface area contributed by atoms with Crippen LogP contribution in [0.5, 0.6) is 23.0 Å². The lowest BCUT2D eigenvalue weighted by Crippen LogP contribution is -2.24. The predicted molar refractivity (Wildman–Crippen MR) is 82.1 cm³/mol. The molecule has 2 aromatic carbocycles. The van der Waals surface area contributed by atoms with E-state index in [0.717, 1.165) is 0 Å². The van der Waals surface area contributed by atoms with Crippen molar-refractivity contribution in [2.45, 2.75) is 13.0 Å². The minimum Gasteiger partial charge on any atom is -0.504 e. The van der Waals surface area contributed by atoms with Crippen LogP contribution in [0, 0.1) is 0 Å². The third-order valence-corrected chi connectivity index (χ3v) is 3.21. The Bertz CT molecular complexity index is 666. The van der Waals surface area contributed by atoms with Gasteiger partial charge in [0.05, 0.1) is 14.2 Å². The van der Waals surface area contributed by atoms with Crippen molar-refractivity contribution < 1.29 is 24.1 Å². The third-order valence-electron chi connectivity index (χ3n) is 3.21. The van der Waals surface area contributed by atoms with E-state index in [0.29, 0.717) is 17.1 Å². The second-order valence-corrected chi connectivity index (χ2v) is 4.66. The number of carbonyl (C=O) groups excluding carboxylic acids is 1. The molecule has 1 atom stereocenters. The van der Waals surface area contributed by atoms with E-state index < -0.39 is 6.10 Å². The summed E-state index contributed by atoms with van der Waals surface area (Å²) in [5.41, 5.74) is 0.400. The fraction of sp³-hybridized carbons (Fsp3) is 0.235. The lowest BCUT2D eigenvalue weighted by molar-refractivity contribution is 0.0813. The molecule has 0 spiro atoms. The Labute approximate surface area is 129 Å². The Morgan fingerprint density at radius 3 is 2.27 bits per heavy atom. The van der Waals surface area contributed by atoms with Crippen molar-refractivity contribution >= 4 is 5.78 Å². The molecule has 0 aliphatic carbocycles. The van der Waals surface area contributed by atoms with Gasteiger partial charge in [-0.15, -0.1) is 0 Å². The number of carbonyl (C=O) groups is 1. The highest BCUT2D eigenvalue weighted by Crippen LogP contribution is 2.29. The normalized spacial score (nSPS) is 11.6. The van der Waals surface area contributed by atoms with Gasteiger partial charge in [0.25, 0.3) is 0 Å². The summed E-state index contributed by atoms with van der Waals surface area (Å²) < 4.78 is 15.9. The summed E-state index contributed by atoms with van der Waals surface area (Å²) in [7, 11) is 2.97. The number of ketones is 1. The van der Waals surface area contributed by atoms with Gasteiger partial charge in [-0.3, -0.25) is 4.79 Å². The molecule has 0 saturated carbocycles. The van der Waals surface area contributed by atoms with Gasteiger partial charge in [-0.25, -0.2) is 0 Å². The maximum Gasteiger partial charge on any atom is 0.203 e. The fourth-order valence-electron chi connectivity index (χ4n) is 2.03. The summed E-state index contributed by atoms with van der Waals surface area (Å²) in [4.78, 5) is 12.4.